The van der Waals surface area contributed by atoms with Crippen molar-refractivity contribution in [1.29, 1.82) is 0 Å². The molecule has 0 atom stereocenters. The Labute approximate surface area is 86.7 Å². The molecule has 0 radical (unpaired) electrons. The summed E-state index contributed by atoms with van der Waals surface area (Å²) in [6, 6.07) is 3.55. The Morgan fingerprint density at radius 3 is 2.71 bits per heavy atom. The molecule has 0 amide bonds. The number of rotatable bonds is 4. The van der Waals surface area contributed by atoms with Crippen LogP contribution in [0, 0.1) is 0 Å². The summed E-state index contributed by atoms with van der Waals surface area (Å²) in [7, 11) is 1.36. The van der Waals surface area contributed by atoms with Crippen LogP contribution in [0.1, 0.15) is 27.9 Å². The summed E-state index contributed by atoms with van der Waals surface area (Å²) >= 11 is 1.36. The Balaban J connectivity index is 2.68. The molecule has 0 unspecified atom stereocenters. The second-order valence-electron chi connectivity index (χ2n) is 2.80. The molecule has 0 aromatic carbocycles. The molecule has 4 heteroatoms. The minimum Gasteiger partial charge on any atom is -0.469 e. The van der Waals surface area contributed by atoms with Crippen LogP contribution < -0.4 is 0 Å². The molecule has 1 heterocycles. The van der Waals surface area contributed by atoms with E-state index in [1.807, 2.05) is 6.92 Å². The maximum absolute atomic E-state index is 11.3. The van der Waals surface area contributed by atoms with Crippen LogP contribution >= 0.6 is 11.3 Å². The summed E-state index contributed by atoms with van der Waals surface area (Å²) in [5.74, 6) is -0.159. The third-order valence-electron chi connectivity index (χ3n) is 1.80. The van der Waals surface area contributed by atoms with E-state index in [1.165, 1.54) is 18.4 Å². The molecular weight excluding hydrogens is 200 g/mol. The molecule has 1 aromatic rings. The predicted molar refractivity (Wildman–Crippen MR) is 54.7 cm³/mol. The van der Waals surface area contributed by atoms with Crippen LogP contribution in [0.15, 0.2) is 12.1 Å². The highest BCUT2D eigenvalue weighted by Gasteiger charge is 2.09. The van der Waals surface area contributed by atoms with Crippen LogP contribution in [0.5, 0.6) is 0 Å². The van der Waals surface area contributed by atoms with Crippen molar-refractivity contribution in [3.8, 4) is 0 Å². The molecule has 0 saturated heterocycles. The van der Waals surface area contributed by atoms with Crippen LogP contribution in [0.3, 0.4) is 0 Å². The number of hydrogen-bond donors (Lipinski definition) is 0. The molecule has 0 N–H and O–H groups in total. The third kappa shape index (κ3) is 2.67. The normalized spacial score (nSPS) is 9.86. The van der Waals surface area contributed by atoms with Gasteiger partial charge in [-0.25, -0.2) is 0 Å². The van der Waals surface area contributed by atoms with Gasteiger partial charge < -0.3 is 4.74 Å². The fourth-order valence-electron chi connectivity index (χ4n) is 1.01. The lowest BCUT2D eigenvalue weighted by Crippen LogP contribution is -2.02. The molecule has 76 valence electrons. The van der Waals surface area contributed by atoms with Gasteiger partial charge >= 0.3 is 5.97 Å². The first-order chi connectivity index (χ1) is 6.67. The van der Waals surface area contributed by atoms with E-state index in [2.05, 4.69) is 4.74 Å². The highest BCUT2D eigenvalue weighted by Crippen LogP contribution is 2.18. The van der Waals surface area contributed by atoms with Gasteiger partial charge in [0.2, 0.25) is 0 Å². The van der Waals surface area contributed by atoms with Crippen LogP contribution in [0.25, 0.3) is 0 Å². The fourth-order valence-corrected chi connectivity index (χ4v) is 2.01. The first-order valence-electron chi connectivity index (χ1n) is 4.36. The predicted octanol–water partition coefficient (Wildman–Crippen LogP) is 2.06. The SMILES string of the molecule is CCC(=O)c1ccc(CC(=O)OC)s1. The van der Waals surface area contributed by atoms with E-state index in [1.54, 1.807) is 12.1 Å². The first kappa shape index (κ1) is 10.9. The Hall–Kier alpha value is -1.16. The molecule has 3 nitrogen and oxygen atoms in total. The van der Waals surface area contributed by atoms with Crippen molar-refractivity contribution in [3.63, 3.8) is 0 Å². The lowest BCUT2D eigenvalue weighted by molar-refractivity contribution is -0.139. The Morgan fingerprint density at radius 2 is 2.14 bits per heavy atom. The van der Waals surface area contributed by atoms with Gasteiger partial charge in [0.25, 0.3) is 0 Å². The van der Waals surface area contributed by atoms with E-state index in [-0.39, 0.29) is 18.2 Å². The van der Waals surface area contributed by atoms with E-state index < -0.39 is 0 Å². The first-order valence-corrected chi connectivity index (χ1v) is 5.17. The Morgan fingerprint density at radius 1 is 1.43 bits per heavy atom. The van der Waals surface area contributed by atoms with E-state index in [9.17, 15) is 9.59 Å². The summed E-state index contributed by atoms with van der Waals surface area (Å²) in [5.41, 5.74) is 0. The van der Waals surface area contributed by atoms with Gasteiger partial charge in [0.15, 0.2) is 5.78 Å². The number of thiophene rings is 1. The molecule has 1 rings (SSSR count). The van der Waals surface area contributed by atoms with Crippen LogP contribution in [0.4, 0.5) is 0 Å². The number of Topliss-reactive ketones (excluding diaryl/α,β-unsaturated/α-hetero) is 1. The third-order valence-corrected chi connectivity index (χ3v) is 2.93. The maximum atomic E-state index is 11.3. The standard InChI is InChI=1S/C10H12O3S/c1-3-8(11)9-5-4-7(14-9)6-10(12)13-2/h4-5H,3,6H2,1-2H3. The van der Waals surface area contributed by atoms with Crippen molar-refractivity contribution >= 4 is 23.1 Å². The van der Waals surface area contributed by atoms with Crippen LogP contribution in [0.2, 0.25) is 0 Å². The molecule has 1 aromatic heterocycles. The monoisotopic (exact) mass is 212 g/mol. The number of hydrogen-bond acceptors (Lipinski definition) is 4. The number of carbonyl (C=O) groups excluding carboxylic acids is 2. The molecule has 0 aliphatic heterocycles. The average molecular weight is 212 g/mol. The molecular formula is C10H12O3S. The quantitative estimate of drug-likeness (QED) is 0.566. The Kier molecular flexibility index (Phi) is 3.83. The number of ketones is 1. The highest BCUT2D eigenvalue weighted by molar-refractivity contribution is 7.14. The number of carbonyl (C=O) groups is 2. The van der Waals surface area contributed by atoms with Crippen molar-refractivity contribution in [2.24, 2.45) is 0 Å². The number of ether oxygens (including phenoxy) is 1. The zero-order valence-electron chi connectivity index (χ0n) is 8.20. The van der Waals surface area contributed by atoms with Gasteiger partial charge in [-0.15, -0.1) is 11.3 Å². The maximum Gasteiger partial charge on any atom is 0.310 e. The summed E-state index contributed by atoms with van der Waals surface area (Å²) in [4.78, 5) is 23.8. The smallest absolute Gasteiger partial charge is 0.310 e. The largest absolute Gasteiger partial charge is 0.469 e. The van der Waals surface area contributed by atoms with Crippen LogP contribution in [-0.4, -0.2) is 18.9 Å². The van der Waals surface area contributed by atoms with Crippen LogP contribution in [-0.2, 0) is 16.0 Å². The minimum atomic E-state index is -0.276. The average Bonchev–Trinajstić information content (AvgIpc) is 2.65. The van der Waals surface area contributed by atoms with Crippen molar-refractivity contribution < 1.29 is 14.3 Å². The summed E-state index contributed by atoms with van der Waals surface area (Å²) in [6.07, 6.45) is 0.746. The van der Waals surface area contributed by atoms with Gasteiger partial charge in [-0.2, -0.15) is 0 Å². The van der Waals surface area contributed by atoms with Crippen molar-refractivity contribution in [2.45, 2.75) is 19.8 Å². The van der Waals surface area contributed by atoms with Gasteiger partial charge in [0.05, 0.1) is 18.4 Å². The molecule has 0 spiro atoms. The summed E-state index contributed by atoms with van der Waals surface area (Å²) in [6.45, 7) is 1.82. The molecule has 14 heavy (non-hydrogen) atoms. The van der Waals surface area contributed by atoms with E-state index in [0.717, 1.165) is 4.88 Å². The second kappa shape index (κ2) is 4.91. The number of methoxy groups -OCH3 is 1. The minimum absolute atomic E-state index is 0.117. The van der Waals surface area contributed by atoms with Gasteiger partial charge in [0, 0.05) is 11.3 Å². The molecule has 0 aliphatic carbocycles. The lowest BCUT2D eigenvalue weighted by atomic mass is 10.2. The molecule has 0 bridgehead atoms. The van der Waals surface area contributed by atoms with Crippen molar-refractivity contribution in [2.75, 3.05) is 7.11 Å². The lowest BCUT2D eigenvalue weighted by Gasteiger charge is -1.94. The second-order valence-corrected chi connectivity index (χ2v) is 3.96. The zero-order valence-corrected chi connectivity index (χ0v) is 9.02. The van der Waals surface area contributed by atoms with E-state index in [4.69, 9.17) is 0 Å². The van der Waals surface area contributed by atoms with E-state index >= 15 is 0 Å². The van der Waals surface area contributed by atoms with Gasteiger partial charge in [-0.1, -0.05) is 6.92 Å². The highest BCUT2D eigenvalue weighted by atomic mass is 32.1. The summed E-state index contributed by atoms with van der Waals surface area (Å²) in [5, 5.41) is 0. The van der Waals surface area contributed by atoms with Gasteiger partial charge in [-0.3, -0.25) is 9.59 Å². The van der Waals surface area contributed by atoms with Crippen molar-refractivity contribution in [3.05, 3.63) is 21.9 Å². The fraction of sp³-hybridized carbons (Fsp3) is 0.400. The van der Waals surface area contributed by atoms with Gasteiger partial charge in [0.1, 0.15) is 0 Å². The van der Waals surface area contributed by atoms with E-state index in [0.29, 0.717) is 11.3 Å². The van der Waals surface area contributed by atoms with Gasteiger partial charge in [-0.05, 0) is 12.1 Å². The molecule has 0 aliphatic rings. The topological polar surface area (TPSA) is 43.4 Å². The molecule has 0 saturated carbocycles. The Bertz CT molecular complexity index is 341. The molecule has 0 fully saturated rings. The number of esters is 1. The van der Waals surface area contributed by atoms with Crippen molar-refractivity contribution in [1.82, 2.24) is 0 Å². The summed E-state index contributed by atoms with van der Waals surface area (Å²) < 4.78 is 4.53. The zero-order chi connectivity index (χ0) is 10.6.